The molecule has 0 bridgehead atoms. The SMILES string of the molecule is CCOC(=O)c1cccnc1N1CCCCCC1C(=O)O. The summed E-state index contributed by atoms with van der Waals surface area (Å²) in [6.07, 6.45) is 4.88. The number of aromatic nitrogens is 1. The third-order valence-corrected chi connectivity index (χ3v) is 3.59. The molecule has 1 aromatic heterocycles. The number of aliphatic carboxylic acids is 1. The first-order chi connectivity index (χ1) is 10.1. The van der Waals surface area contributed by atoms with Gasteiger partial charge in [0.15, 0.2) is 0 Å². The fraction of sp³-hybridized carbons (Fsp3) is 0.533. The molecule has 1 aliphatic heterocycles. The van der Waals surface area contributed by atoms with Crippen LogP contribution in [0.3, 0.4) is 0 Å². The number of esters is 1. The molecule has 1 unspecified atom stereocenters. The summed E-state index contributed by atoms with van der Waals surface area (Å²) in [7, 11) is 0. The van der Waals surface area contributed by atoms with Gasteiger partial charge in [-0.1, -0.05) is 12.8 Å². The molecule has 0 aliphatic carbocycles. The average molecular weight is 292 g/mol. The summed E-state index contributed by atoms with van der Waals surface area (Å²) < 4.78 is 5.03. The number of anilines is 1. The number of carboxylic acids is 1. The van der Waals surface area contributed by atoms with Gasteiger partial charge in [0.1, 0.15) is 17.4 Å². The summed E-state index contributed by atoms with van der Waals surface area (Å²) in [6, 6.07) is 2.64. The zero-order chi connectivity index (χ0) is 15.2. The van der Waals surface area contributed by atoms with Crippen molar-refractivity contribution in [3.8, 4) is 0 Å². The second kappa shape index (κ2) is 7.06. The summed E-state index contributed by atoms with van der Waals surface area (Å²) in [5.74, 6) is -0.934. The second-order valence-corrected chi connectivity index (χ2v) is 4.99. The fourth-order valence-electron chi connectivity index (χ4n) is 2.61. The lowest BCUT2D eigenvalue weighted by molar-refractivity contribution is -0.138. The van der Waals surface area contributed by atoms with Crippen LogP contribution in [0.2, 0.25) is 0 Å². The van der Waals surface area contributed by atoms with Crippen molar-refractivity contribution in [3.05, 3.63) is 23.9 Å². The molecule has 1 aliphatic rings. The van der Waals surface area contributed by atoms with Crippen molar-refractivity contribution < 1.29 is 19.4 Å². The van der Waals surface area contributed by atoms with Crippen molar-refractivity contribution >= 4 is 17.8 Å². The molecular weight excluding hydrogens is 272 g/mol. The van der Waals surface area contributed by atoms with Crippen molar-refractivity contribution in [2.45, 2.75) is 38.6 Å². The van der Waals surface area contributed by atoms with E-state index >= 15 is 0 Å². The van der Waals surface area contributed by atoms with E-state index < -0.39 is 18.0 Å². The maximum absolute atomic E-state index is 12.0. The third-order valence-electron chi connectivity index (χ3n) is 3.59. The topological polar surface area (TPSA) is 79.7 Å². The molecule has 0 amide bonds. The lowest BCUT2D eigenvalue weighted by Gasteiger charge is -2.29. The molecule has 6 heteroatoms. The molecule has 1 fully saturated rings. The number of carboxylic acid groups (broad SMARTS) is 1. The molecule has 0 radical (unpaired) electrons. The summed E-state index contributed by atoms with van der Waals surface area (Å²) >= 11 is 0. The number of ether oxygens (including phenoxy) is 1. The zero-order valence-corrected chi connectivity index (χ0v) is 12.1. The second-order valence-electron chi connectivity index (χ2n) is 4.99. The van der Waals surface area contributed by atoms with E-state index in [0.29, 0.717) is 24.3 Å². The van der Waals surface area contributed by atoms with Crippen LogP contribution in [-0.4, -0.2) is 41.2 Å². The summed E-state index contributed by atoms with van der Waals surface area (Å²) in [5, 5.41) is 9.44. The summed E-state index contributed by atoms with van der Waals surface area (Å²) in [5.41, 5.74) is 0.326. The zero-order valence-electron chi connectivity index (χ0n) is 12.1. The van der Waals surface area contributed by atoms with Crippen molar-refractivity contribution in [3.63, 3.8) is 0 Å². The van der Waals surface area contributed by atoms with Crippen LogP contribution in [0.4, 0.5) is 5.82 Å². The van der Waals surface area contributed by atoms with Crippen LogP contribution in [0.5, 0.6) is 0 Å². The Labute approximate surface area is 123 Å². The number of rotatable bonds is 4. The largest absolute Gasteiger partial charge is 0.480 e. The number of carbonyl (C=O) groups is 2. The molecule has 2 rings (SSSR count). The lowest BCUT2D eigenvalue weighted by atomic mass is 10.1. The van der Waals surface area contributed by atoms with E-state index in [-0.39, 0.29) is 6.61 Å². The van der Waals surface area contributed by atoms with E-state index in [9.17, 15) is 14.7 Å². The van der Waals surface area contributed by atoms with Crippen molar-refractivity contribution in [1.29, 1.82) is 0 Å². The summed E-state index contributed by atoms with van der Waals surface area (Å²) in [6.45, 7) is 2.59. The van der Waals surface area contributed by atoms with Gasteiger partial charge in [0.2, 0.25) is 0 Å². The minimum atomic E-state index is -0.877. The highest BCUT2D eigenvalue weighted by molar-refractivity contribution is 5.95. The highest BCUT2D eigenvalue weighted by atomic mass is 16.5. The molecule has 1 N–H and O–H groups in total. The normalized spacial score (nSPS) is 18.9. The molecule has 0 spiro atoms. The first-order valence-electron chi connectivity index (χ1n) is 7.26. The van der Waals surface area contributed by atoms with Gasteiger partial charge >= 0.3 is 11.9 Å². The van der Waals surface area contributed by atoms with Gasteiger partial charge in [0, 0.05) is 12.7 Å². The van der Waals surface area contributed by atoms with Gasteiger partial charge in [-0.25, -0.2) is 14.6 Å². The summed E-state index contributed by atoms with van der Waals surface area (Å²) in [4.78, 5) is 29.5. The monoisotopic (exact) mass is 292 g/mol. The van der Waals surface area contributed by atoms with E-state index in [4.69, 9.17) is 4.74 Å². The Bertz CT molecular complexity index is 518. The Morgan fingerprint density at radius 2 is 2.24 bits per heavy atom. The predicted octanol–water partition coefficient (Wildman–Crippen LogP) is 2.09. The molecular formula is C15H20N2O4. The van der Waals surface area contributed by atoms with Crippen LogP contribution < -0.4 is 4.90 Å². The van der Waals surface area contributed by atoms with Crippen LogP contribution in [0, 0.1) is 0 Å². The number of carbonyl (C=O) groups excluding carboxylic acids is 1. The number of hydrogen-bond acceptors (Lipinski definition) is 5. The van der Waals surface area contributed by atoms with Crippen LogP contribution >= 0.6 is 0 Å². The van der Waals surface area contributed by atoms with Crippen LogP contribution in [0.25, 0.3) is 0 Å². The van der Waals surface area contributed by atoms with E-state index in [0.717, 1.165) is 19.3 Å². The number of hydrogen-bond donors (Lipinski definition) is 1. The molecule has 2 heterocycles. The highest BCUT2D eigenvalue weighted by Crippen LogP contribution is 2.26. The van der Waals surface area contributed by atoms with Crippen LogP contribution in [-0.2, 0) is 9.53 Å². The molecule has 1 saturated heterocycles. The Kier molecular flexibility index (Phi) is 5.14. The Balaban J connectivity index is 2.38. The van der Waals surface area contributed by atoms with Gasteiger partial charge < -0.3 is 14.7 Å². The fourth-order valence-corrected chi connectivity index (χ4v) is 2.61. The smallest absolute Gasteiger partial charge is 0.341 e. The maximum Gasteiger partial charge on any atom is 0.341 e. The predicted molar refractivity (Wildman–Crippen MR) is 77.4 cm³/mol. The molecule has 6 nitrogen and oxygen atoms in total. The van der Waals surface area contributed by atoms with Gasteiger partial charge in [-0.05, 0) is 31.9 Å². The van der Waals surface area contributed by atoms with Crippen LogP contribution in [0.1, 0.15) is 43.0 Å². The minimum Gasteiger partial charge on any atom is -0.480 e. The third kappa shape index (κ3) is 3.51. The quantitative estimate of drug-likeness (QED) is 0.856. The van der Waals surface area contributed by atoms with Gasteiger partial charge in [-0.2, -0.15) is 0 Å². The molecule has 1 atom stereocenters. The Morgan fingerprint density at radius 3 is 2.95 bits per heavy atom. The van der Waals surface area contributed by atoms with Gasteiger partial charge in [0.05, 0.1) is 6.61 Å². The van der Waals surface area contributed by atoms with Crippen LogP contribution in [0.15, 0.2) is 18.3 Å². The molecule has 21 heavy (non-hydrogen) atoms. The van der Waals surface area contributed by atoms with Gasteiger partial charge in [-0.15, -0.1) is 0 Å². The lowest BCUT2D eigenvalue weighted by Crippen LogP contribution is -2.42. The number of pyridine rings is 1. The number of nitrogens with zero attached hydrogens (tertiary/aromatic N) is 2. The van der Waals surface area contributed by atoms with Crippen molar-refractivity contribution in [2.24, 2.45) is 0 Å². The van der Waals surface area contributed by atoms with Crippen molar-refractivity contribution in [2.75, 3.05) is 18.1 Å². The maximum atomic E-state index is 12.0. The van der Waals surface area contributed by atoms with Gasteiger partial charge in [0.25, 0.3) is 0 Å². The van der Waals surface area contributed by atoms with E-state index in [1.165, 1.54) is 0 Å². The minimum absolute atomic E-state index is 0.273. The molecule has 114 valence electrons. The molecule has 0 saturated carbocycles. The molecule has 1 aromatic rings. The highest BCUT2D eigenvalue weighted by Gasteiger charge is 2.30. The molecule has 0 aromatic carbocycles. The average Bonchev–Trinajstić information content (AvgIpc) is 2.73. The first kappa shape index (κ1) is 15.3. The van der Waals surface area contributed by atoms with E-state index in [2.05, 4.69) is 4.98 Å². The van der Waals surface area contributed by atoms with E-state index in [1.807, 2.05) is 0 Å². The Morgan fingerprint density at radius 1 is 1.43 bits per heavy atom. The van der Waals surface area contributed by atoms with E-state index in [1.54, 1.807) is 30.2 Å². The van der Waals surface area contributed by atoms with Gasteiger partial charge in [-0.3, -0.25) is 0 Å². The first-order valence-corrected chi connectivity index (χ1v) is 7.26. The standard InChI is InChI=1S/C15H20N2O4/c1-2-21-15(20)11-7-6-9-16-13(11)17-10-5-3-4-8-12(17)14(18)19/h6-7,9,12H,2-5,8,10H2,1H3,(H,18,19). The Hall–Kier alpha value is -2.11. The van der Waals surface area contributed by atoms with Crippen molar-refractivity contribution in [1.82, 2.24) is 4.98 Å².